The van der Waals surface area contributed by atoms with Gasteiger partial charge in [0.25, 0.3) is 0 Å². The minimum absolute atomic E-state index is 0.219. The third-order valence-corrected chi connectivity index (χ3v) is 2.59. The van der Waals surface area contributed by atoms with Crippen LogP contribution in [0.2, 0.25) is 0 Å². The highest BCUT2D eigenvalue weighted by atomic mass is 16.5. The molecule has 1 aromatic carbocycles. The Morgan fingerprint density at radius 2 is 1.86 bits per heavy atom. The van der Waals surface area contributed by atoms with Crippen molar-refractivity contribution >= 4 is 18.0 Å². The second-order valence-corrected chi connectivity index (χ2v) is 4.09. The van der Waals surface area contributed by atoms with Gasteiger partial charge >= 0.3 is 11.9 Å². The summed E-state index contributed by atoms with van der Waals surface area (Å²) in [6.07, 6.45) is 4.53. The van der Waals surface area contributed by atoms with E-state index >= 15 is 0 Å². The fourth-order valence-corrected chi connectivity index (χ4v) is 1.53. The Balaban J connectivity index is 2.78. The Labute approximate surface area is 123 Å². The monoisotopic (exact) mass is 290 g/mol. The van der Waals surface area contributed by atoms with Crippen molar-refractivity contribution in [2.75, 3.05) is 20.8 Å². The lowest BCUT2D eigenvalue weighted by atomic mass is 10.1. The Morgan fingerprint density at radius 1 is 1.14 bits per heavy atom. The molecule has 0 heterocycles. The van der Waals surface area contributed by atoms with Gasteiger partial charge < -0.3 is 14.2 Å². The van der Waals surface area contributed by atoms with Crippen LogP contribution in [-0.4, -0.2) is 32.8 Å². The quantitative estimate of drug-likeness (QED) is 0.594. The topological polar surface area (TPSA) is 61.8 Å². The summed E-state index contributed by atoms with van der Waals surface area (Å²) in [7, 11) is 2.64. The van der Waals surface area contributed by atoms with E-state index in [1.54, 1.807) is 25.1 Å². The maximum Gasteiger partial charge on any atom is 0.333 e. The first-order valence-corrected chi connectivity index (χ1v) is 6.31. The number of benzene rings is 1. The summed E-state index contributed by atoms with van der Waals surface area (Å²) in [5.41, 5.74) is 1.23. The van der Waals surface area contributed by atoms with Gasteiger partial charge in [0.1, 0.15) is 12.4 Å². The van der Waals surface area contributed by atoms with Gasteiger partial charge in [0, 0.05) is 17.2 Å². The van der Waals surface area contributed by atoms with Crippen LogP contribution in [0.1, 0.15) is 12.5 Å². The van der Waals surface area contributed by atoms with Crippen molar-refractivity contribution in [2.45, 2.75) is 6.92 Å². The van der Waals surface area contributed by atoms with Crippen LogP contribution >= 0.6 is 0 Å². The van der Waals surface area contributed by atoms with E-state index in [9.17, 15) is 9.59 Å². The number of esters is 2. The normalized spacial score (nSPS) is 11.3. The highest BCUT2D eigenvalue weighted by Crippen LogP contribution is 2.21. The minimum atomic E-state index is -0.437. The molecule has 5 nitrogen and oxygen atoms in total. The first kappa shape index (κ1) is 16.5. The maximum atomic E-state index is 11.4. The van der Waals surface area contributed by atoms with E-state index in [-0.39, 0.29) is 6.61 Å². The Hall–Kier alpha value is -2.56. The summed E-state index contributed by atoms with van der Waals surface area (Å²) < 4.78 is 14.7. The molecule has 1 aromatic rings. The zero-order valence-corrected chi connectivity index (χ0v) is 12.3. The molecule has 0 unspecified atom stereocenters. The molecule has 0 saturated heterocycles. The van der Waals surface area contributed by atoms with E-state index in [0.29, 0.717) is 11.3 Å². The smallest absolute Gasteiger partial charge is 0.333 e. The lowest BCUT2D eigenvalue weighted by molar-refractivity contribution is -0.136. The van der Waals surface area contributed by atoms with Crippen LogP contribution < -0.4 is 4.74 Å². The average Bonchev–Trinajstić information content (AvgIpc) is 2.51. The highest BCUT2D eigenvalue weighted by Gasteiger charge is 2.06. The van der Waals surface area contributed by atoms with E-state index in [1.165, 1.54) is 20.3 Å². The van der Waals surface area contributed by atoms with Gasteiger partial charge in [-0.2, -0.15) is 0 Å². The largest absolute Gasteiger partial charge is 0.489 e. The molecular weight excluding hydrogens is 272 g/mol. The van der Waals surface area contributed by atoms with Crippen LogP contribution in [0.3, 0.4) is 0 Å². The number of carbonyl (C=O) groups excluding carboxylic acids is 2. The molecule has 0 aliphatic rings. The number of ether oxygens (including phenoxy) is 3. The predicted molar refractivity (Wildman–Crippen MR) is 78.8 cm³/mol. The summed E-state index contributed by atoms with van der Waals surface area (Å²) in [6, 6.07) is 7.27. The molecule has 0 aliphatic carbocycles. The minimum Gasteiger partial charge on any atom is -0.489 e. The molecule has 112 valence electrons. The summed E-state index contributed by atoms with van der Waals surface area (Å²) >= 11 is 0. The fourth-order valence-electron chi connectivity index (χ4n) is 1.53. The molecule has 1 rings (SSSR count). The third-order valence-electron chi connectivity index (χ3n) is 2.59. The van der Waals surface area contributed by atoms with E-state index in [4.69, 9.17) is 4.74 Å². The Kier molecular flexibility index (Phi) is 6.74. The molecule has 0 aromatic heterocycles. The van der Waals surface area contributed by atoms with Crippen LogP contribution in [0, 0.1) is 0 Å². The van der Waals surface area contributed by atoms with Crippen LogP contribution in [0.25, 0.3) is 6.08 Å². The molecule has 0 saturated carbocycles. The van der Waals surface area contributed by atoms with Crippen molar-refractivity contribution in [1.82, 2.24) is 0 Å². The molecule has 0 bridgehead atoms. The van der Waals surface area contributed by atoms with Gasteiger partial charge in [-0.15, -0.1) is 0 Å². The molecule has 0 spiro atoms. The van der Waals surface area contributed by atoms with Gasteiger partial charge in [0.05, 0.1) is 14.2 Å². The van der Waals surface area contributed by atoms with Gasteiger partial charge in [0.15, 0.2) is 0 Å². The van der Waals surface area contributed by atoms with Gasteiger partial charge in [0.2, 0.25) is 0 Å². The van der Waals surface area contributed by atoms with Gasteiger partial charge in [-0.25, -0.2) is 9.59 Å². The molecule has 0 fully saturated rings. The molecule has 21 heavy (non-hydrogen) atoms. The van der Waals surface area contributed by atoms with E-state index < -0.39 is 11.9 Å². The molecule has 0 radical (unpaired) electrons. The molecule has 0 N–H and O–H groups in total. The first-order chi connectivity index (χ1) is 10.1. The average molecular weight is 290 g/mol. The van der Waals surface area contributed by atoms with Crippen molar-refractivity contribution in [3.05, 3.63) is 47.6 Å². The number of carbonyl (C=O) groups is 2. The van der Waals surface area contributed by atoms with Crippen LogP contribution in [0.5, 0.6) is 5.75 Å². The van der Waals surface area contributed by atoms with Crippen molar-refractivity contribution in [1.29, 1.82) is 0 Å². The van der Waals surface area contributed by atoms with Crippen molar-refractivity contribution in [3.63, 3.8) is 0 Å². The zero-order valence-electron chi connectivity index (χ0n) is 12.3. The number of hydrogen-bond acceptors (Lipinski definition) is 5. The van der Waals surface area contributed by atoms with Crippen molar-refractivity contribution < 1.29 is 23.8 Å². The summed E-state index contributed by atoms with van der Waals surface area (Å²) in [6.45, 7) is 1.89. The number of rotatable bonds is 6. The lowest BCUT2D eigenvalue weighted by Crippen LogP contribution is -2.02. The molecule has 0 amide bonds. The SMILES string of the molecule is COC(=O)/C=C/COc1ccccc1/C=C(\C)C(=O)OC. The van der Waals surface area contributed by atoms with Gasteiger partial charge in [-0.05, 0) is 25.1 Å². The lowest BCUT2D eigenvalue weighted by Gasteiger charge is -2.07. The maximum absolute atomic E-state index is 11.4. The summed E-state index contributed by atoms with van der Waals surface area (Å²) in [4.78, 5) is 22.3. The van der Waals surface area contributed by atoms with Crippen LogP contribution in [-0.2, 0) is 19.1 Å². The van der Waals surface area contributed by atoms with E-state index in [0.717, 1.165) is 5.56 Å². The van der Waals surface area contributed by atoms with Crippen molar-refractivity contribution in [3.8, 4) is 5.75 Å². The number of hydrogen-bond donors (Lipinski definition) is 0. The van der Waals surface area contributed by atoms with Crippen LogP contribution in [0.15, 0.2) is 42.0 Å². The Bertz CT molecular complexity index is 558. The summed E-state index contributed by atoms with van der Waals surface area (Å²) in [5.74, 6) is -0.223. The predicted octanol–water partition coefficient (Wildman–Crippen LogP) is 2.37. The molecular formula is C16H18O5. The molecule has 0 aliphatic heterocycles. The molecule has 0 atom stereocenters. The Morgan fingerprint density at radius 3 is 2.52 bits per heavy atom. The first-order valence-electron chi connectivity index (χ1n) is 6.31. The number of para-hydroxylation sites is 1. The second-order valence-electron chi connectivity index (χ2n) is 4.09. The third kappa shape index (κ3) is 5.52. The second kappa shape index (κ2) is 8.58. The van der Waals surface area contributed by atoms with Gasteiger partial charge in [-0.3, -0.25) is 0 Å². The van der Waals surface area contributed by atoms with Crippen molar-refractivity contribution in [2.24, 2.45) is 0 Å². The molecule has 5 heteroatoms. The van der Waals surface area contributed by atoms with E-state index in [2.05, 4.69) is 9.47 Å². The highest BCUT2D eigenvalue weighted by molar-refractivity contribution is 5.93. The van der Waals surface area contributed by atoms with E-state index in [1.807, 2.05) is 18.2 Å². The fraction of sp³-hybridized carbons (Fsp3) is 0.250. The van der Waals surface area contributed by atoms with Crippen LogP contribution in [0.4, 0.5) is 0 Å². The summed E-state index contributed by atoms with van der Waals surface area (Å²) in [5, 5.41) is 0. The van der Waals surface area contributed by atoms with Gasteiger partial charge in [-0.1, -0.05) is 18.2 Å². The zero-order chi connectivity index (χ0) is 15.7. The number of methoxy groups -OCH3 is 2. The standard InChI is InChI=1S/C16H18O5/c1-12(16(18)20-3)11-13-7-4-5-8-14(13)21-10-6-9-15(17)19-2/h4-9,11H,10H2,1-3H3/b9-6+,12-11+.